The lowest BCUT2D eigenvalue weighted by Gasteiger charge is -2.14. The van der Waals surface area contributed by atoms with Crippen LogP contribution in [0.25, 0.3) is 34.2 Å². The minimum atomic E-state index is -0.684. The van der Waals surface area contributed by atoms with Gasteiger partial charge >= 0.3 is 5.97 Å². The third-order valence-electron chi connectivity index (χ3n) is 6.34. The van der Waals surface area contributed by atoms with Crippen molar-refractivity contribution in [2.45, 2.75) is 40.7 Å². The summed E-state index contributed by atoms with van der Waals surface area (Å²) < 4.78 is 15.7. The van der Waals surface area contributed by atoms with Gasteiger partial charge in [-0.05, 0) is 57.9 Å². The van der Waals surface area contributed by atoms with E-state index in [1.165, 1.54) is 13.2 Å². The van der Waals surface area contributed by atoms with E-state index in [-0.39, 0.29) is 19.0 Å². The maximum Gasteiger partial charge on any atom is 0.334 e. The highest BCUT2D eigenvalue weighted by atomic mass is 16.6. The summed E-state index contributed by atoms with van der Waals surface area (Å²) in [6, 6.07) is 17.2. The van der Waals surface area contributed by atoms with Gasteiger partial charge in [-0.15, -0.1) is 0 Å². The molecular formula is C31H33N3O5. The maximum atomic E-state index is 11.5. The van der Waals surface area contributed by atoms with Crippen molar-refractivity contribution in [3.05, 3.63) is 76.9 Å². The third kappa shape index (κ3) is 6.59. The number of nitrogens with zero attached hydrogens (tertiary/aromatic N) is 3. The number of aromatic nitrogens is 3. The SMILES string of the molecule is COC(=O)C(C)OCCOc1ccc(-c2nc(-c3ccc(C)cc3C)nc(-c3ccc(C)cc3C)n2)c(O)c1. The number of carbonyl (C=O) groups excluding carboxylic acids is 1. The Balaban J connectivity index is 1.67. The third-order valence-corrected chi connectivity index (χ3v) is 6.34. The normalized spacial score (nSPS) is 11.7. The molecule has 4 rings (SSSR count). The molecule has 0 radical (unpaired) electrons. The maximum absolute atomic E-state index is 11.5. The number of esters is 1. The summed E-state index contributed by atoms with van der Waals surface area (Å²) in [6.45, 7) is 10.1. The van der Waals surface area contributed by atoms with Crippen LogP contribution in [0, 0.1) is 27.7 Å². The Morgan fingerprint density at radius 2 is 1.28 bits per heavy atom. The van der Waals surface area contributed by atoms with Gasteiger partial charge in [-0.3, -0.25) is 0 Å². The second-order valence-corrected chi connectivity index (χ2v) is 9.51. The van der Waals surface area contributed by atoms with Crippen LogP contribution in [0.1, 0.15) is 29.2 Å². The van der Waals surface area contributed by atoms with Crippen LogP contribution >= 0.6 is 0 Å². The number of carbonyl (C=O) groups is 1. The van der Waals surface area contributed by atoms with E-state index in [1.807, 2.05) is 52.0 Å². The number of aryl methyl sites for hydroxylation is 4. The lowest BCUT2D eigenvalue weighted by molar-refractivity contribution is -0.153. The summed E-state index contributed by atoms with van der Waals surface area (Å²) in [7, 11) is 1.31. The summed E-state index contributed by atoms with van der Waals surface area (Å²) in [5, 5.41) is 10.9. The Bertz CT molecular complexity index is 1430. The van der Waals surface area contributed by atoms with Gasteiger partial charge in [0.25, 0.3) is 0 Å². The van der Waals surface area contributed by atoms with Crippen LogP contribution in [0.15, 0.2) is 54.6 Å². The highest BCUT2D eigenvalue weighted by Crippen LogP contribution is 2.34. The summed E-state index contributed by atoms with van der Waals surface area (Å²) in [5.41, 5.74) is 6.66. The molecule has 202 valence electrons. The molecule has 8 nitrogen and oxygen atoms in total. The van der Waals surface area contributed by atoms with E-state index in [0.29, 0.717) is 28.8 Å². The molecule has 1 unspecified atom stereocenters. The molecule has 1 atom stereocenters. The number of phenolic OH excluding ortho intramolecular Hbond substituents is 1. The Hall–Kier alpha value is -4.30. The predicted octanol–water partition coefficient (Wildman–Crippen LogP) is 5.77. The number of methoxy groups -OCH3 is 1. The molecule has 1 N–H and O–H groups in total. The average molecular weight is 528 g/mol. The van der Waals surface area contributed by atoms with E-state index in [2.05, 4.69) is 16.9 Å². The first-order valence-electron chi connectivity index (χ1n) is 12.7. The van der Waals surface area contributed by atoms with Crippen molar-refractivity contribution in [3.63, 3.8) is 0 Å². The standard InChI is InChI=1S/C31H33N3O5/c1-18-7-10-24(20(3)15-18)28-32-29(25-11-8-19(2)16-21(25)4)34-30(33-28)26-12-9-23(17-27(26)35)39-14-13-38-22(5)31(36)37-6/h7-12,15-17,22,35H,13-14H2,1-6H3. The first kappa shape index (κ1) is 27.7. The molecule has 0 amide bonds. The molecule has 1 heterocycles. The van der Waals surface area contributed by atoms with Gasteiger partial charge in [0.15, 0.2) is 23.6 Å². The van der Waals surface area contributed by atoms with Gasteiger partial charge < -0.3 is 19.3 Å². The number of phenols is 1. The fraction of sp³-hybridized carbons (Fsp3) is 0.290. The first-order valence-corrected chi connectivity index (χ1v) is 12.7. The van der Waals surface area contributed by atoms with Gasteiger partial charge in [-0.2, -0.15) is 0 Å². The van der Waals surface area contributed by atoms with Gasteiger partial charge in [0.2, 0.25) is 0 Å². The van der Waals surface area contributed by atoms with E-state index in [0.717, 1.165) is 33.4 Å². The van der Waals surface area contributed by atoms with Gasteiger partial charge in [0.1, 0.15) is 18.1 Å². The number of rotatable bonds is 9. The van der Waals surface area contributed by atoms with Crippen molar-refractivity contribution in [2.24, 2.45) is 0 Å². The largest absolute Gasteiger partial charge is 0.507 e. The summed E-state index contributed by atoms with van der Waals surface area (Å²) >= 11 is 0. The van der Waals surface area contributed by atoms with Crippen molar-refractivity contribution in [2.75, 3.05) is 20.3 Å². The number of benzene rings is 3. The van der Waals surface area contributed by atoms with Crippen molar-refractivity contribution < 1.29 is 24.1 Å². The molecule has 0 spiro atoms. The molecule has 0 bridgehead atoms. The fourth-order valence-corrected chi connectivity index (χ4v) is 4.27. The molecule has 0 saturated heterocycles. The van der Waals surface area contributed by atoms with Crippen molar-refractivity contribution in [1.29, 1.82) is 0 Å². The van der Waals surface area contributed by atoms with Gasteiger partial charge in [-0.1, -0.05) is 47.5 Å². The van der Waals surface area contributed by atoms with Gasteiger partial charge in [0, 0.05) is 17.2 Å². The molecule has 1 aromatic heterocycles. The minimum absolute atomic E-state index is 0.0271. The minimum Gasteiger partial charge on any atom is -0.507 e. The van der Waals surface area contributed by atoms with Gasteiger partial charge in [0.05, 0.1) is 19.3 Å². The van der Waals surface area contributed by atoms with Crippen molar-refractivity contribution in [3.8, 4) is 45.7 Å². The first-order chi connectivity index (χ1) is 18.7. The molecule has 0 fully saturated rings. The van der Waals surface area contributed by atoms with Crippen LogP contribution in [0.3, 0.4) is 0 Å². The monoisotopic (exact) mass is 527 g/mol. The van der Waals surface area contributed by atoms with Crippen LogP contribution in [-0.4, -0.2) is 52.5 Å². The van der Waals surface area contributed by atoms with Crippen LogP contribution in [-0.2, 0) is 14.3 Å². The number of hydrogen-bond donors (Lipinski definition) is 1. The van der Waals surface area contributed by atoms with E-state index in [9.17, 15) is 9.90 Å². The molecule has 0 aliphatic rings. The predicted molar refractivity (Wildman–Crippen MR) is 150 cm³/mol. The van der Waals surface area contributed by atoms with Crippen molar-refractivity contribution >= 4 is 5.97 Å². The van der Waals surface area contributed by atoms with Crippen LogP contribution < -0.4 is 4.74 Å². The topological polar surface area (TPSA) is 104 Å². The van der Waals surface area contributed by atoms with E-state index in [4.69, 9.17) is 24.4 Å². The van der Waals surface area contributed by atoms with E-state index < -0.39 is 12.1 Å². The highest BCUT2D eigenvalue weighted by Gasteiger charge is 2.18. The molecule has 39 heavy (non-hydrogen) atoms. The fourth-order valence-electron chi connectivity index (χ4n) is 4.27. The van der Waals surface area contributed by atoms with Gasteiger partial charge in [-0.25, -0.2) is 19.7 Å². The second-order valence-electron chi connectivity index (χ2n) is 9.51. The van der Waals surface area contributed by atoms with Crippen LogP contribution in [0.2, 0.25) is 0 Å². The molecule has 4 aromatic rings. The molecule has 3 aromatic carbocycles. The zero-order valence-electron chi connectivity index (χ0n) is 23.1. The van der Waals surface area contributed by atoms with Crippen LogP contribution in [0.4, 0.5) is 0 Å². The average Bonchev–Trinajstić information content (AvgIpc) is 2.90. The lowest BCUT2D eigenvalue weighted by atomic mass is 10.0. The quantitative estimate of drug-likeness (QED) is 0.216. The molecule has 8 heteroatoms. The molecule has 0 aliphatic carbocycles. The molecule has 0 aliphatic heterocycles. The molecule has 0 saturated carbocycles. The van der Waals surface area contributed by atoms with E-state index in [1.54, 1.807) is 19.1 Å². The summed E-state index contributed by atoms with van der Waals surface area (Å²) in [6.07, 6.45) is -0.684. The lowest BCUT2D eigenvalue weighted by Crippen LogP contribution is -2.24. The zero-order valence-corrected chi connectivity index (χ0v) is 23.1. The Kier molecular flexibility index (Phi) is 8.56. The number of hydrogen-bond acceptors (Lipinski definition) is 8. The number of aromatic hydroxyl groups is 1. The van der Waals surface area contributed by atoms with Crippen molar-refractivity contribution in [1.82, 2.24) is 15.0 Å². The van der Waals surface area contributed by atoms with Crippen LogP contribution in [0.5, 0.6) is 11.5 Å². The number of ether oxygens (including phenoxy) is 3. The summed E-state index contributed by atoms with van der Waals surface area (Å²) in [5.74, 6) is 1.39. The molecular weight excluding hydrogens is 494 g/mol. The smallest absolute Gasteiger partial charge is 0.334 e. The Morgan fingerprint density at radius 3 is 1.77 bits per heavy atom. The Labute approximate surface area is 228 Å². The van der Waals surface area contributed by atoms with E-state index >= 15 is 0 Å². The second kappa shape index (κ2) is 12.0. The zero-order chi connectivity index (χ0) is 28.1. The Morgan fingerprint density at radius 1 is 0.769 bits per heavy atom. The summed E-state index contributed by atoms with van der Waals surface area (Å²) in [4.78, 5) is 25.8. The highest BCUT2D eigenvalue weighted by molar-refractivity contribution is 5.74.